The molecule has 148 valence electrons. The zero-order valence-corrected chi connectivity index (χ0v) is 16.2. The Morgan fingerprint density at radius 3 is 2.57 bits per heavy atom. The highest BCUT2D eigenvalue weighted by Crippen LogP contribution is 2.31. The highest BCUT2D eigenvalue weighted by molar-refractivity contribution is 6.23. The van der Waals surface area contributed by atoms with E-state index in [0.717, 1.165) is 4.90 Å². The third-order valence-electron chi connectivity index (χ3n) is 5.43. The van der Waals surface area contributed by atoms with E-state index in [1.54, 1.807) is 32.2 Å². The number of rotatable bonds is 4. The molecule has 1 aliphatic carbocycles. The predicted octanol–water partition coefficient (Wildman–Crippen LogP) is 2.12. The van der Waals surface area contributed by atoms with Gasteiger partial charge in [0.05, 0.1) is 17.2 Å². The van der Waals surface area contributed by atoms with Gasteiger partial charge in [-0.15, -0.1) is 0 Å². The fourth-order valence-electron chi connectivity index (χ4n) is 3.88. The van der Waals surface area contributed by atoms with Crippen molar-refractivity contribution in [3.63, 3.8) is 0 Å². The van der Waals surface area contributed by atoms with Gasteiger partial charge in [0.1, 0.15) is 5.78 Å². The summed E-state index contributed by atoms with van der Waals surface area (Å²) in [6, 6.07) is 4.06. The number of carbonyl (C=O) groups excluding carboxylic acids is 5. The Labute approximate surface area is 163 Å². The van der Waals surface area contributed by atoms with Gasteiger partial charge in [0, 0.05) is 39.3 Å². The number of nitrogens with zero attached hydrogens (tertiary/aromatic N) is 2. The first-order valence-electron chi connectivity index (χ1n) is 9.63. The first-order chi connectivity index (χ1) is 13.3. The number of ketones is 2. The van der Waals surface area contributed by atoms with Crippen LogP contribution < -0.4 is 0 Å². The van der Waals surface area contributed by atoms with Gasteiger partial charge in [-0.2, -0.15) is 0 Å². The van der Waals surface area contributed by atoms with Crippen molar-refractivity contribution < 1.29 is 24.0 Å². The monoisotopic (exact) mass is 384 g/mol. The Morgan fingerprint density at radius 1 is 1.11 bits per heavy atom. The van der Waals surface area contributed by atoms with E-state index in [4.69, 9.17) is 0 Å². The third-order valence-corrected chi connectivity index (χ3v) is 5.43. The van der Waals surface area contributed by atoms with E-state index < -0.39 is 17.9 Å². The second kappa shape index (κ2) is 8.04. The Bertz CT molecular complexity index is 860. The molecule has 0 bridgehead atoms. The second-order valence-corrected chi connectivity index (χ2v) is 7.34. The van der Waals surface area contributed by atoms with Crippen LogP contribution in [0.3, 0.4) is 0 Å². The number of carbonyl (C=O) groups is 5. The summed E-state index contributed by atoms with van der Waals surface area (Å²) in [5.74, 6) is -1.21. The maximum atomic E-state index is 13.1. The molecule has 0 N–H and O–H groups in total. The van der Waals surface area contributed by atoms with Crippen molar-refractivity contribution in [1.82, 2.24) is 9.80 Å². The number of Topliss-reactive ketones (excluding diaryl/α,β-unsaturated/α-hetero) is 2. The minimum atomic E-state index is -0.903. The average Bonchev–Trinajstić information content (AvgIpc) is 2.92. The van der Waals surface area contributed by atoms with Gasteiger partial charge in [-0.3, -0.25) is 28.9 Å². The summed E-state index contributed by atoms with van der Waals surface area (Å²) in [5.41, 5.74) is 1.09. The van der Waals surface area contributed by atoms with Crippen LogP contribution in [-0.2, 0) is 20.9 Å². The van der Waals surface area contributed by atoms with Crippen molar-refractivity contribution in [1.29, 1.82) is 0 Å². The van der Waals surface area contributed by atoms with Crippen molar-refractivity contribution in [2.45, 2.75) is 58.0 Å². The van der Waals surface area contributed by atoms with E-state index in [9.17, 15) is 24.0 Å². The van der Waals surface area contributed by atoms with Gasteiger partial charge < -0.3 is 4.90 Å². The van der Waals surface area contributed by atoms with Gasteiger partial charge in [-0.05, 0) is 24.5 Å². The van der Waals surface area contributed by atoms with Crippen LogP contribution in [0.25, 0.3) is 0 Å². The van der Waals surface area contributed by atoms with Crippen molar-refractivity contribution >= 4 is 29.3 Å². The number of fused-ring (bicyclic) bond motifs is 1. The lowest BCUT2D eigenvalue weighted by molar-refractivity contribution is -0.130. The minimum absolute atomic E-state index is 0.0505. The molecule has 7 nitrogen and oxygen atoms in total. The number of hydrogen-bond acceptors (Lipinski definition) is 5. The molecule has 1 unspecified atom stereocenters. The molecule has 1 aliphatic heterocycles. The fraction of sp³-hybridized carbons (Fsp3) is 0.476. The molecule has 0 spiro atoms. The van der Waals surface area contributed by atoms with E-state index in [-0.39, 0.29) is 54.4 Å². The Morgan fingerprint density at radius 2 is 1.86 bits per heavy atom. The number of benzene rings is 1. The summed E-state index contributed by atoms with van der Waals surface area (Å²) in [6.45, 7) is 1.96. The number of amides is 3. The molecule has 1 fully saturated rings. The molecule has 1 atom stereocenters. The second-order valence-electron chi connectivity index (χ2n) is 7.34. The standard InChI is InChI=1S/C21H24N2O5/c1-3-18(26)22(2)12-13-6-4-8-15-19(13)21(28)23(20(15)27)16-11-10-14(24)7-5-9-17(16)25/h4,6,8,16H,3,5,7,9-12H2,1-2H3. The van der Waals surface area contributed by atoms with Crippen LogP contribution in [0, 0.1) is 0 Å². The van der Waals surface area contributed by atoms with Crippen LogP contribution in [0.4, 0.5) is 0 Å². The summed E-state index contributed by atoms with van der Waals surface area (Å²) >= 11 is 0. The zero-order valence-electron chi connectivity index (χ0n) is 16.2. The molecule has 0 aromatic heterocycles. The molecular formula is C21H24N2O5. The maximum Gasteiger partial charge on any atom is 0.262 e. The SMILES string of the molecule is CCC(=O)N(C)Cc1cccc2c1C(=O)N(C1CCC(=O)CCCC1=O)C2=O. The topological polar surface area (TPSA) is 91.8 Å². The van der Waals surface area contributed by atoms with Crippen LogP contribution in [-0.4, -0.2) is 52.2 Å². The first-order valence-corrected chi connectivity index (χ1v) is 9.63. The van der Waals surface area contributed by atoms with Gasteiger partial charge >= 0.3 is 0 Å². The molecule has 7 heteroatoms. The molecule has 28 heavy (non-hydrogen) atoms. The van der Waals surface area contributed by atoms with Crippen molar-refractivity contribution in [2.24, 2.45) is 0 Å². The molecule has 0 saturated heterocycles. The quantitative estimate of drug-likeness (QED) is 0.742. The molecule has 1 saturated carbocycles. The van der Waals surface area contributed by atoms with Gasteiger partial charge in [-0.25, -0.2) is 0 Å². The van der Waals surface area contributed by atoms with E-state index in [0.29, 0.717) is 24.8 Å². The normalized spacial score (nSPS) is 20.1. The molecule has 1 aromatic rings. The van der Waals surface area contributed by atoms with Crippen LogP contribution in [0.2, 0.25) is 0 Å². The fourth-order valence-corrected chi connectivity index (χ4v) is 3.88. The first kappa shape index (κ1) is 19.9. The smallest absolute Gasteiger partial charge is 0.262 e. The molecular weight excluding hydrogens is 360 g/mol. The lowest BCUT2D eigenvalue weighted by atomic mass is 9.93. The lowest BCUT2D eigenvalue weighted by Crippen LogP contribution is -2.45. The summed E-state index contributed by atoms with van der Waals surface area (Å²) in [6.07, 6.45) is 1.70. The van der Waals surface area contributed by atoms with Gasteiger partial charge in [0.15, 0.2) is 5.78 Å². The molecule has 2 aliphatic rings. The van der Waals surface area contributed by atoms with Crippen LogP contribution in [0.15, 0.2) is 18.2 Å². The average molecular weight is 384 g/mol. The molecule has 1 heterocycles. The lowest BCUT2D eigenvalue weighted by Gasteiger charge is -2.26. The van der Waals surface area contributed by atoms with Crippen molar-refractivity contribution in [3.8, 4) is 0 Å². The molecule has 3 amide bonds. The summed E-state index contributed by atoms with van der Waals surface area (Å²) < 4.78 is 0. The highest BCUT2D eigenvalue weighted by Gasteiger charge is 2.44. The molecule has 0 radical (unpaired) electrons. The minimum Gasteiger partial charge on any atom is -0.341 e. The molecule has 3 rings (SSSR count). The maximum absolute atomic E-state index is 13.1. The number of hydrogen-bond donors (Lipinski definition) is 0. The largest absolute Gasteiger partial charge is 0.341 e. The van der Waals surface area contributed by atoms with Crippen molar-refractivity contribution in [3.05, 3.63) is 34.9 Å². The third kappa shape index (κ3) is 3.61. The summed E-state index contributed by atoms with van der Waals surface area (Å²) in [4.78, 5) is 64.9. The Kier molecular flexibility index (Phi) is 5.72. The summed E-state index contributed by atoms with van der Waals surface area (Å²) in [5, 5.41) is 0. The summed E-state index contributed by atoms with van der Waals surface area (Å²) in [7, 11) is 1.65. The van der Waals surface area contributed by atoms with Gasteiger partial charge in [0.2, 0.25) is 5.91 Å². The predicted molar refractivity (Wildman–Crippen MR) is 101 cm³/mol. The number of imide groups is 1. The van der Waals surface area contributed by atoms with E-state index in [1.165, 1.54) is 4.90 Å². The zero-order chi connectivity index (χ0) is 20.4. The van der Waals surface area contributed by atoms with E-state index in [1.807, 2.05) is 0 Å². The van der Waals surface area contributed by atoms with Crippen LogP contribution >= 0.6 is 0 Å². The van der Waals surface area contributed by atoms with E-state index >= 15 is 0 Å². The van der Waals surface area contributed by atoms with E-state index in [2.05, 4.69) is 0 Å². The molecule has 1 aromatic carbocycles. The van der Waals surface area contributed by atoms with Crippen molar-refractivity contribution in [2.75, 3.05) is 7.05 Å². The Hall–Kier alpha value is -2.83. The van der Waals surface area contributed by atoms with Gasteiger partial charge in [-0.1, -0.05) is 19.1 Å². The highest BCUT2D eigenvalue weighted by atomic mass is 16.2. The Balaban J connectivity index is 1.92. The van der Waals surface area contributed by atoms with Crippen LogP contribution in [0.5, 0.6) is 0 Å². The van der Waals surface area contributed by atoms with Gasteiger partial charge in [0.25, 0.3) is 11.8 Å². The van der Waals surface area contributed by atoms with Crippen LogP contribution in [0.1, 0.15) is 71.7 Å².